The lowest BCUT2D eigenvalue weighted by molar-refractivity contribution is -0.137. The van der Waals surface area contributed by atoms with Crippen molar-refractivity contribution < 1.29 is 22.8 Å². The maximum atomic E-state index is 12.5. The largest absolute Gasteiger partial charge is 0.416 e. The molecule has 8 heteroatoms. The van der Waals surface area contributed by atoms with Crippen molar-refractivity contribution in [3.05, 3.63) is 46.8 Å². The molecule has 0 radical (unpaired) electrons. The minimum Gasteiger partial charge on any atom is -0.319 e. The average molecular weight is 325 g/mol. The number of alkyl halides is 3. The fourth-order valence-corrected chi connectivity index (χ4v) is 2.15. The lowest BCUT2D eigenvalue weighted by Crippen LogP contribution is -2.24. The van der Waals surface area contributed by atoms with Crippen molar-refractivity contribution in [2.45, 2.75) is 20.0 Å². The minimum atomic E-state index is -4.46. The first-order chi connectivity index (χ1) is 10.6. The van der Waals surface area contributed by atoms with Gasteiger partial charge in [-0.3, -0.25) is 14.3 Å². The van der Waals surface area contributed by atoms with E-state index in [-0.39, 0.29) is 11.3 Å². The lowest BCUT2D eigenvalue weighted by atomic mass is 10.1. The highest BCUT2D eigenvalue weighted by Gasteiger charge is 2.30. The van der Waals surface area contributed by atoms with Crippen molar-refractivity contribution in [1.29, 1.82) is 0 Å². The second-order valence-corrected chi connectivity index (χ2v) is 5.03. The molecule has 0 aliphatic carbocycles. The number of nitrogens with one attached hydrogen (secondary N) is 1. The fourth-order valence-electron chi connectivity index (χ4n) is 2.15. The molecule has 1 heterocycles. The zero-order valence-corrected chi connectivity index (χ0v) is 12.7. The summed E-state index contributed by atoms with van der Waals surface area (Å²) in [6.45, 7) is 3.25. The molecule has 1 aromatic carbocycles. The minimum absolute atomic E-state index is 0.107. The zero-order valence-electron chi connectivity index (χ0n) is 12.7. The van der Waals surface area contributed by atoms with Crippen LogP contribution in [0.1, 0.15) is 27.3 Å². The maximum absolute atomic E-state index is 12.5. The summed E-state index contributed by atoms with van der Waals surface area (Å²) in [6.07, 6.45) is -4.46. The van der Waals surface area contributed by atoms with Gasteiger partial charge in [0.25, 0.3) is 11.7 Å². The maximum Gasteiger partial charge on any atom is 0.416 e. The van der Waals surface area contributed by atoms with Gasteiger partial charge in [-0.15, -0.1) is 0 Å². The number of ketones is 1. The molecule has 0 saturated heterocycles. The molecule has 1 aromatic heterocycles. The highest BCUT2D eigenvalue weighted by atomic mass is 19.4. The van der Waals surface area contributed by atoms with Gasteiger partial charge in [-0.2, -0.15) is 18.3 Å². The molecule has 5 nitrogen and oxygen atoms in total. The number of nitrogens with zero attached hydrogens (tertiary/aromatic N) is 2. The summed E-state index contributed by atoms with van der Waals surface area (Å²) in [5, 5.41) is 6.34. The molecule has 0 aliphatic heterocycles. The Hall–Kier alpha value is -2.64. The Morgan fingerprint density at radius 1 is 1.13 bits per heavy atom. The van der Waals surface area contributed by atoms with Crippen LogP contribution in [0.4, 0.5) is 18.9 Å². The molecule has 1 N–H and O–H groups in total. The molecular weight excluding hydrogens is 311 g/mol. The molecule has 0 atom stereocenters. The molecule has 0 aliphatic rings. The Labute approximate surface area is 130 Å². The van der Waals surface area contributed by atoms with E-state index in [0.717, 1.165) is 24.3 Å². The first-order valence-corrected chi connectivity index (χ1v) is 6.64. The van der Waals surface area contributed by atoms with Gasteiger partial charge < -0.3 is 5.32 Å². The molecular formula is C15H14F3N3O2. The van der Waals surface area contributed by atoms with E-state index in [9.17, 15) is 22.8 Å². The third kappa shape index (κ3) is 3.41. The third-order valence-electron chi connectivity index (χ3n) is 3.41. The van der Waals surface area contributed by atoms with Gasteiger partial charge in [0.15, 0.2) is 0 Å². The van der Waals surface area contributed by atoms with Crippen molar-refractivity contribution in [3.63, 3.8) is 0 Å². The first-order valence-electron chi connectivity index (χ1n) is 6.64. The van der Waals surface area contributed by atoms with E-state index in [1.807, 2.05) is 0 Å². The molecule has 0 spiro atoms. The van der Waals surface area contributed by atoms with Crippen LogP contribution in [0.3, 0.4) is 0 Å². The van der Waals surface area contributed by atoms with Gasteiger partial charge >= 0.3 is 6.18 Å². The number of carbonyl (C=O) groups is 2. The fraction of sp³-hybridized carbons (Fsp3) is 0.267. The molecule has 1 amide bonds. The number of hydrogen-bond donors (Lipinski definition) is 1. The van der Waals surface area contributed by atoms with Crippen LogP contribution in [-0.2, 0) is 18.0 Å². The number of halogens is 3. The van der Waals surface area contributed by atoms with Gasteiger partial charge in [-0.1, -0.05) is 0 Å². The number of aryl methyl sites for hydroxylation is 2. The highest BCUT2D eigenvalue weighted by Crippen LogP contribution is 2.29. The van der Waals surface area contributed by atoms with E-state index in [1.54, 1.807) is 20.9 Å². The second kappa shape index (κ2) is 5.86. The SMILES string of the molecule is Cc1nn(C)c(C)c1C(=O)C(=O)Nc1ccc(C(F)(F)F)cc1. The van der Waals surface area contributed by atoms with Crippen molar-refractivity contribution in [2.24, 2.45) is 7.05 Å². The van der Waals surface area contributed by atoms with Crippen LogP contribution >= 0.6 is 0 Å². The zero-order chi connectivity index (χ0) is 17.4. The van der Waals surface area contributed by atoms with Crippen molar-refractivity contribution >= 4 is 17.4 Å². The third-order valence-corrected chi connectivity index (χ3v) is 3.41. The number of rotatable bonds is 3. The van der Waals surface area contributed by atoms with E-state index in [4.69, 9.17) is 0 Å². The topological polar surface area (TPSA) is 64.0 Å². The smallest absolute Gasteiger partial charge is 0.319 e. The Balaban J connectivity index is 2.17. The summed E-state index contributed by atoms with van der Waals surface area (Å²) >= 11 is 0. The van der Waals surface area contributed by atoms with Gasteiger partial charge in [0.1, 0.15) is 0 Å². The predicted molar refractivity (Wildman–Crippen MR) is 77.1 cm³/mol. The summed E-state index contributed by atoms with van der Waals surface area (Å²) in [5.74, 6) is -1.71. The van der Waals surface area contributed by atoms with Crippen LogP contribution in [-0.4, -0.2) is 21.5 Å². The monoisotopic (exact) mass is 325 g/mol. The van der Waals surface area contributed by atoms with E-state index >= 15 is 0 Å². The van der Waals surface area contributed by atoms with Crippen LogP contribution in [0, 0.1) is 13.8 Å². The highest BCUT2D eigenvalue weighted by molar-refractivity contribution is 6.47. The van der Waals surface area contributed by atoms with E-state index in [0.29, 0.717) is 11.4 Å². The van der Waals surface area contributed by atoms with Crippen molar-refractivity contribution in [1.82, 2.24) is 9.78 Å². The Bertz CT molecular complexity index is 762. The van der Waals surface area contributed by atoms with Crippen LogP contribution in [0.2, 0.25) is 0 Å². The Morgan fingerprint density at radius 3 is 2.13 bits per heavy atom. The normalized spacial score (nSPS) is 11.4. The average Bonchev–Trinajstić information content (AvgIpc) is 2.71. The number of aromatic nitrogens is 2. The van der Waals surface area contributed by atoms with Gasteiger partial charge in [0, 0.05) is 18.4 Å². The summed E-state index contributed by atoms with van der Waals surface area (Å²) in [7, 11) is 1.65. The molecule has 2 rings (SSSR count). The Kier molecular flexibility index (Phi) is 4.26. The molecule has 0 fully saturated rings. The quantitative estimate of drug-likeness (QED) is 0.697. The number of hydrogen-bond acceptors (Lipinski definition) is 3. The number of amides is 1. The van der Waals surface area contributed by atoms with Crippen molar-refractivity contribution in [3.8, 4) is 0 Å². The number of benzene rings is 1. The van der Waals surface area contributed by atoms with Gasteiger partial charge in [0.2, 0.25) is 0 Å². The molecule has 0 unspecified atom stereocenters. The van der Waals surface area contributed by atoms with Crippen LogP contribution in [0.25, 0.3) is 0 Å². The summed E-state index contributed by atoms with van der Waals surface area (Å²) in [6, 6.07) is 3.86. The lowest BCUT2D eigenvalue weighted by Gasteiger charge is -2.08. The Morgan fingerprint density at radius 2 is 1.70 bits per heavy atom. The second-order valence-electron chi connectivity index (χ2n) is 5.03. The van der Waals surface area contributed by atoms with Crippen LogP contribution in [0.15, 0.2) is 24.3 Å². The predicted octanol–water partition coefficient (Wildman–Crippen LogP) is 2.88. The number of Topliss-reactive ketones (excluding diaryl/α,β-unsaturated/α-hetero) is 1. The van der Waals surface area contributed by atoms with E-state index < -0.39 is 23.4 Å². The van der Waals surface area contributed by atoms with Crippen LogP contribution in [0.5, 0.6) is 0 Å². The van der Waals surface area contributed by atoms with E-state index in [2.05, 4.69) is 10.4 Å². The summed E-state index contributed by atoms with van der Waals surface area (Å²) in [4.78, 5) is 24.2. The summed E-state index contributed by atoms with van der Waals surface area (Å²) < 4.78 is 38.9. The number of carbonyl (C=O) groups excluding carboxylic acids is 2. The van der Waals surface area contributed by atoms with E-state index in [1.165, 1.54) is 4.68 Å². The van der Waals surface area contributed by atoms with Gasteiger partial charge in [-0.25, -0.2) is 0 Å². The van der Waals surface area contributed by atoms with Crippen LogP contribution < -0.4 is 5.32 Å². The summed E-state index contributed by atoms with van der Waals surface area (Å²) in [5.41, 5.74) is 0.417. The standard InChI is InChI=1S/C15H14F3N3O2/c1-8-12(9(2)21(3)20-8)13(22)14(23)19-11-6-4-10(5-7-11)15(16,17)18/h4-7H,1-3H3,(H,19,23). The van der Waals surface area contributed by atoms with Gasteiger partial charge in [-0.05, 0) is 38.1 Å². The van der Waals surface area contributed by atoms with Gasteiger partial charge in [0.05, 0.1) is 16.8 Å². The first kappa shape index (κ1) is 16.7. The molecule has 2 aromatic rings. The molecule has 0 bridgehead atoms. The molecule has 122 valence electrons. The van der Waals surface area contributed by atoms with Crippen molar-refractivity contribution in [2.75, 3.05) is 5.32 Å². The molecule has 0 saturated carbocycles. The molecule has 23 heavy (non-hydrogen) atoms. The number of anilines is 1.